The predicted octanol–water partition coefficient (Wildman–Crippen LogP) is 2.53. The molecular formula is C13H20N2O. The number of nitrogens with zero attached hydrogens (tertiary/aromatic N) is 1. The molecular weight excluding hydrogens is 200 g/mol. The van der Waals surface area contributed by atoms with Gasteiger partial charge in [0.2, 0.25) is 0 Å². The van der Waals surface area contributed by atoms with Crippen molar-refractivity contribution >= 4 is 0 Å². The highest BCUT2D eigenvalue weighted by molar-refractivity contribution is 5.29. The second-order valence-corrected chi connectivity index (χ2v) is 3.94. The zero-order valence-corrected chi connectivity index (χ0v) is 10.1. The summed E-state index contributed by atoms with van der Waals surface area (Å²) in [4.78, 5) is 4.11. The van der Waals surface area contributed by atoms with E-state index in [1.807, 2.05) is 18.3 Å². The first-order valence-corrected chi connectivity index (χ1v) is 5.64. The molecule has 16 heavy (non-hydrogen) atoms. The summed E-state index contributed by atoms with van der Waals surface area (Å²) in [6, 6.07) is 2.36. The van der Waals surface area contributed by atoms with Crippen molar-refractivity contribution in [3.05, 3.63) is 36.7 Å². The minimum Gasteiger partial charge on any atom is -0.493 e. The van der Waals surface area contributed by atoms with Gasteiger partial charge in [-0.05, 0) is 12.5 Å². The normalized spacial score (nSPS) is 10.4. The van der Waals surface area contributed by atoms with Crippen molar-refractivity contribution in [3.63, 3.8) is 0 Å². The molecule has 88 valence electrons. The smallest absolute Gasteiger partial charge is 0.126 e. The molecule has 0 saturated heterocycles. The first kappa shape index (κ1) is 12.7. The molecule has 0 aliphatic heterocycles. The summed E-state index contributed by atoms with van der Waals surface area (Å²) in [7, 11) is 0. The summed E-state index contributed by atoms with van der Waals surface area (Å²) < 4.78 is 5.66. The Balaban J connectivity index is 2.56. The minimum absolute atomic E-state index is 0.459. The van der Waals surface area contributed by atoms with Crippen LogP contribution in [0, 0.1) is 0 Å². The first-order valence-electron chi connectivity index (χ1n) is 5.64. The molecule has 0 fully saturated rings. The lowest BCUT2D eigenvalue weighted by atomic mass is 10.2. The van der Waals surface area contributed by atoms with Gasteiger partial charge < -0.3 is 10.1 Å². The second-order valence-electron chi connectivity index (χ2n) is 3.94. The van der Waals surface area contributed by atoms with Crippen molar-refractivity contribution in [1.82, 2.24) is 10.3 Å². The molecule has 1 aromatic heterocycles. The van der Waals surface area contributed by atoms with E-state index in [0.29, 0.717) is 12.6 Å². The Morgan fingerprint density at radius 1 is 1.56 bits per heavy atom. The summed E-state index contributed by atoms with van der Waals surface area (Å²) in [6.07, 6.45) is 6.31. The van der Waals surface area contributed by atoms with Gasteiger partial charge in [-0.2, -0.15) is 0 Å². The van der Waals surface area contributed by atoms with Crippen LogP contribution in [0.1, 0.15) is 25.8 Å². The van der Waals surface area contributed by atoms with Gasteiger partial charge in [0.25, 0.3) is 0 Å². The van der Waals surface area contributed by atoms with Crippen LogP contribution in [0.25, 0.3) is 0 Å². The molecule has 0 saturated carbocycles. The average Bonchev–Trinajstić information content (AvgIpc) is 2.28. The molecule has 1 heterocycles. The highest BCUT2D eigenvalue weighted by atomic mass is 16.5. The molecule has 0 aliphatic carbocycles. The van der Waals surface area contributed by atoms with E-state index >= 15 is 0 Å². The number of hydrogen-bond donors (Lipinski definition) is 1. The van der Waals surface area contributed by atoms with Gasteiger partial charge in [0.1, 0.15) is 5.75 Å². The van der Waals surface area contributed by atoms with Crippen LogP contribution in [-0.4, -0.2) is 17.6 Å². The van der Waals surface area contributed by atoms with Crippen molar-refractivity contribution in [2.75, 3.05) is 6.61 Å². The standard InChI is InChI=1S/C13H20N2O/c1-4-5-8-16-13-6-7-14-9-12(13)10-15-11(2)3/h4,6-7,9,11,15H,1,5,8,10H2,2-3H3. The molecule has 3 heteroatoms. The third kappa shape index (κ3) is 4.45. The van der Waals surface area contributed by atoms with Gasteiger partial charge in [-0.3, -0.25) is 4.98 Å². The Labute approximate surface area is 97.5 Å². The highest BCUT2D eigenvalue weighted by Crippen LogP contribution is 2.16. The summed E-state index contributed by atoms with van der Waals surface area (Å²) in [5, 5.41) is 3.35. The van der Waals surface area contributed by atoms with Gasteiger partial charge in [-0.1, -0.05) is 19.9 Å². The minimum atomic E-state index is 0.459. The Hall–Kier alpha value is -1.35. The zero-order valence-electron chi connectivity index (χ0n) is 10.1. The maximum absolute atomic E-state index is 5.66. The van der Waals surface area contributed by atoms with E-state index in [9.17, 15) is 0 Å². The maximum atomic E-state index is 5.66. The molecule has 3 nitrogen and oxygen atoms in total. The molecule has 0 spiro atoms. The zero-order chi connectivity index (χ0) is 11.8. The van der Waals surface area contributed by atoms with Crippen LogP contribution in [0.3, 0.4) is 0 Å². The summed E-state index contributed by atoms with van der Waals surface area (Å²) in [6.45, 7) is 9.36. The molecule has 0 radical (unpaired) electrons. The van der Waals surface area contributed by atoms with E-state index in [1.165, 1.54) is 0 Å². The summed E-state index contributed by atoms with van der Waals surface area (Å²) in [5.41, 5.74) is 1.10. The van der Waals surface area contributed by atoms with Gasteiger partial charge in [0.15, 0.2) is 0 Å². The first-order chi connectivity index (χ1) is 7.74. The van der Waals surface area contributed by atoms with E-state index < -0.39 is 0 Å². The summed E-state index contributed by atoms with van der Waals surface area (Å²) in [5.74, 6) is 0.907. The van der Waals surface area contributed by atoms with E-state index in [4.69, 9.17) is 4.74 Å². The van der Waals surface area contributed by atoms with Crippen LogP contribution in [0.4, 0.5) is 0 Å². The van der Waals surface area contributed by atoms with Crippen molar-refractivity contribution in [2.45, 2.75) is 32.9 Å². The molecule has 1 rings (SSSR count). The Bertz CT molecular complexity index is 323. The third-order valence-electron chi connectivity index (χ3n) is 2.14. The van der Waals surface area contributed by atoms with Gasteiger partial charge in [-0.25, -0.2) is 0 Å². The van der Waals surface area contributed by atoms with Gasteiger partial charge >= 0.3 is 0 Å². The number of rotatable bonds is 7. The van der Waals surface area contributed by atoms with Gasteiger partial charge in [0, 0.05) is 30.5 Å². The van der Waals surface area contributed by atoms with E-state index in [2.05, 4.69) is 30.7 Å². The number of nitrogens with one attached hydrogen (secondary N) is 1. The highest BCUT2D eigenvalue weighted by Gasteiger charge is 2.03. The van der Waals surface area contributed by atoms with Crippen LogP contribution in [-0.2, 0) is 6.54 Å². The van der Waals surface area contributed by atoms with Gasteiger partial charge in [-0.15, -0.1) is 6.58 Å². The fourth-order valence-corrected chi connectivity index (χ4v) is 1.25. The molecule has 0 amide bonds. The lowest BCUT2D eigenvalue weighted by Gasteiger charge is -2.12. The Morgan fingerprint density at radius 2 is 2.38 bits per heavy atom. The quantitative estimate of drug-likeness (QED) is 0.566. The van der Waals surface area contributed by atoms with Crippen molar-refractivity contribution in [2.24, 2.45) is 0 Å². The van der Waals surface area contributed by atoms with E-state index in [-0.39, 0.29) is 0 Å². The lowest BCUT2D eigenvalue weighted by molar-refractivity contribution is 0.320. The van der Waals surface area contributed by atoms with Crippen LogP contribution in [0.15, 0.2) is 31.1 Å². The van der Waals surface area contributed by atoms with Crippen LogP contribution < -0.4 is 10.1 Å². The SMILES string of the molecule is C=CCCOc1ccncc1CNC(C)C. The second kappa shape index (κ2) is 7.01. The van der Waals surface area contributed by atoms with Crippen LogP contribution in [0.5, 0.6) is 5.75 Å². The molecule has 0 unspecified atom stereocenters. The monoisotopic (exact) mass is 220 g/mol. The van der Waals surface area contributed by atoms with Crippen molar-refractivity contribution in [1.29, 1.82) is 0 Å². The number of ether oxygens (including phenoxy) is 1. The Kier molecular flexibility index (Phi) is 5.57. The molecule has 0 aromatic carbocycles. The molecule has 0 aliphatic rings. The molecule has 0 atom stereocenters. The fourth-order valence-electron chi connectivity index (χ4n) is 1.25. The molecule has 1 N–H and O–H groups in total. The Morgan fingerprint density at radius 3 is 3.06 bits per heavy atom. The van der Waals surface area contributed by atoms with Crippen molar-refractivity contribution < 1.29 is 4.74 Å². The fraction of sp³-hybridized carbons (Fsp3) is 0.462. The largest absolute Gasteiger partial charge is 0.493 e. The van der Waals surface area contributed by atoms with Gasteiger partial charge in [0.05, 0.1) is 6.61 Å². The average molecular weight is 220 g/mol. The molecule has 0 bridgehead atoms. The lowest BCUT2D eigenvalue weighted by Crippen LogP contribution is -2.22. The van der Waals surface area contributed by atoms with E-state index in [0.717, 1.165) is 24.3 Å². The maximum Gasteiger partial charge on any atom is 0.126 e. The number of pyridine rings is 1. The topological polar surface area (TPSA) is 34.1 Å². The number of hydrogen-bond acceptors (Lipinski definition) is 3. The van der Waals surface area contributed by atoms with E-state index in [1.54, 1.807) is 6.20 Å². The predicted molar refractivity (Wildman–Crippen MR) is 66.5 cm³/mol. The van der Waals surface area contributed by atoms with Crippen LogP contribution >= 0.6 is 0 Å². The number of aromatic nitrogens is 1. The van der Waals surface area contributed by atoms with Crippen molar-refractivity contribution in [3.8, 4) is 5.75 Å². The molecule has 1 aromatic rings. The third-order valence-corrected chi connectivity index (χ3v) is 2.14. The van der Waals surface area contributed by atoms with Crippen LogP contribution in [0.2, 0.25) is 0 Å². The summed E-state index contributed by atoms with van der Waals surface area (Å²) >= 11 is 0.